The molecule has 1 saturated carbocycles. The topological polar surface area (TPSA) is 49.4 Å². The third-order valence-corrected chi connectivity index (χ3v) is 2.72. The lowest BCUT2D eigenvalue weighted by Gasteiger charge is -2.27. The molecule has 4 nitrogen and oxygen atoms in total. The fourth-order valence-corrected chi connectivity index (χ4v) is 1.69. The van der Waals surface area contributed by atoms with E-state index in [9.17, 15) is 14.0 Å². The van der Waals surface area contributed by atoms with Crippen LogP contribution in [0.25, 0.3) is 0 Å². The molecule has 2 rings (SSSR count). The van der Waals surface area contributed by atoms with Gasteiger partial charge < -0.3 is 5.32 Å². The maximum Gasteiger partial charge on any atom is 0.216 e. The van der Waals surface area contributed by atoms with Gasteiger partial charge in [-0.1, -0.05) is 0 Å². The second kappa shape index (κ2) is 3.92. The molecule has 84 valence electrons. The lowest BCUT2D eigenvalue weighted by Crippen LogP contribution is -2.47. The standard InChI is InChI=1S/C11H11FN2O2/c12-9-1-3-10(4-2-9)14(8-16)11(5-6-11)13-7-15/h1-4,7-8H,5-6H2,(H,13,15). The van der Waals surface area contributed by atoms with Crippen LogP contribution in [0.1, 0.15) is 12.8 Å². The van der Waals surface area contributed by atoms with Gasteiger partial charge in [0.15, 0.2) is 0 Å². The van der Waals surface area contributed by atoms with Crippen molar-refractivity contribution < 1.29 is 14.0 Å². The van der Waals surface area contributed by atoms with Crippen molar-refractivity contribution in [2.75, 3.05) is 4.90 Å². The molecule has 0 unspecified atom stereocenters. The van der Waals surface area contributed by atoms with Crippen molar-refractivity contribution in [2.24, 2.45) is 0 Å². The van der Waals surface area contributed by atoms with Crippen molar-refractivity contribution in [1.82, 2.24) is 5.32 Å². The molecule has 1 aromatic rings. The second-order valence-corrected chi connectivity index (χ2v) is 3.75. The van der Waals surface area contributed by atoms with Gasteiger partial charge in [-0.15, -0.1) is 0 Å². The summed E-state index contributed by atoms with van der Waals surface area (Å²) >= 11 is 0. The summed E-state index contributed by atoms with van der Waals surface area (Å²) in [5.41, 5.74) is -0.0373. The van der Waals surface area contributed by atoms with E-state index in [-0.39, 0.29) is 5.82 Å². The van der Waals surface area contributed by atoms with E-state index in [1.54, 1.807) is 0 Å². The third-order valence-electron chi connectivity index (χ3n) is 2.72. The van der Waals surface area contributed by atoms with Gasteiger partial charge in [-0.25, -0.2) is 4.39 Å². The van der Waals surface area contributed by atoms with E-state index < -0.39 is 5.66 Å². The quantitative estimate of drug-likeness (QED) is 0.597. The number of halogens is 1. The Hall–Kier alpha value is -1.91. The molecule has 2 amide bonds. The fourth-order valence-electron chi connectivity index (χ4n) is 1.69. The molecule has 0 aliphatic heterocycles. The fraction of sp³-hybridized carbons (Fsp3) is 0.273. The molecule has 1 aliphatic rings. The van der Waals surface area contributed by atoms with Gasteiger partial charge in [0.2, 0.25) is 12.8 Å². The van der Waals surface area contributed by atoms with Gasteiger partial charge in [0.25, 0.3) is 0 Å². The van der Waals surface area contributed by atoms with Crippen LogP contribution < -0.4 is 10.2 Å². The highest BCUT2D eigenvalue weighted by Crippen LogP contribution is 2.40. The summed E-state index contributed by atoms with van der Waals surface area (Å²) in [6, 6.07) is 5.58. The Balaban J connectivity index is 2.26. The monoisotopic (exact) mass is 222 g/mol. The van der Waals surface area contributed by atoms with Crippen molar-refractivity contribution in [2.45, 2.75) is 18.5 Å². The largest absolute Gasteiger partial charge is 0.335 e. The van der Waals surface area contributed by atoms with Gasteiger partial charge >= 0.3 is 0 Å². The molecule has 1 aliphatic carbocycles. The van der Waals surface area contributed by atoms with Crippen molar-refractivity contribution >= 4 is 18.5 Å². The van der Waals surface area contributed by atoms with Crippen molar-refractivity contribution in [3.8, 4) is 0 Å². The summed E-state index contributed by atoms with van der Waals surface area (Å²) in [4.78, 5) is 22.9. The number of carbonyl (C=O) groups is 2. The molecule has 0 atom stereocenters. The predicted octanol–water partition coefficient (Wildman–Crippen LogP) is 1.02. The number of nitrogens with one attached hydrogen (secondary N) is 1. The molecule has 0 heterocycles. The van der Waals surface area contributed by atoms with Crippen LogP contribution in [0.4, 0.5) is 10.1 Å². The van der Waals surface area contributed by atoms with Crippen LogP contribution in [0.3, 0.4) is 0 Å². The first-order valence-corrected chi connectivity index (χ1v) is 4.93. The summed E-state index contributed by atoms with van der Waals surface area (Å²) in [6.45, 7) is 0. The number of benzene rings is 1. The van der Waals surface area contributed by atoms with Crippen LogP contribution in [0.15, 0.2) is 24.3 Å². The number of hydrogen-bond donors (Lipinski definition) is 1. The number of rotatable bonds is 5. The highest BCUT2D eigenvalue weighted by Gasteiger charge is 2.48. The Kier molecular flexibility index (Phi) is 2.60. The van der Waals surface area contributed by atoms with E-state index >= 15 is 0 Å². The third kappa shape index (κ3) is 1.76. The molecule has 5 heteroatoms. The maximum absolute atomic E-state index is 12.7. The molecule has 16 heavy (non-hydrogen) atoms. The molecule has 0 radical (unpaired) electrons. The zero-order chi connectivity index (χ0) is 11.6. The van der Waals surface area contributed by atoms with Gasteiger partial charge in [0.1, 0.15) is 11.5 Å². The van der Waals surface area contributed by atoms with Crippen LogP contribution in [-0.4, -0.2) is 18.5 Å². The molecule has 1 aromatic carbocycles. The molecule has 0 aromatic heterocycles. The summed E-state index contributed by atoms with van der Waals surface area (Å²) in [6.07, 6.45) is 2.65. The summed E-state index contributed by atoms with van der Waals surface area (Å²) in [7, 11) is 0. The zero-order valence-corrected chi connectivity index (χ0v) is 8.52. The van der Waals surface area contributed by atoms with E-state index in [0.717, 1.165) is 0 Å². The van der Waals surface area contributed by atoms with Crippen LogP contribution >= 0.6 is 0 Å². The van der Waals surface area contributed by atoms with Crippen molar-refractivity contribution in [3.05, 3.63) is 30.1 Å². The van der Waals surface area contributed by atoms with E-state index in [4.69, 9.17) is 0 Å². The highest BCUT2D eigenvalue weighted by atomic mass is 19.1. The lowest BCUT2D eigenvalue weighted by molar-refractivity contribution is -0.111. The Morgan fingerprint density at radius 1 is 1.25 bits per heavy atom. The Morgan fingerprint density at radius 2 is 1.88 bits per heavy atom. The van der Waals surface area contributed by atoms with Crippen molar-refractivity contribution in [3.63, 3.8) is 0 Å². The first-order valence-electron chi connectivity index (χ1n) is 4.93. The minimum Gasteiger partial charge on any atom is -0.335 e. The van der Waals surface area contributed by atoms with Crippen LogP contribution in [0.5, 0.6) is 0 Å². The van der Waals surface area contributed by atoms with Crippen LogP contribution in [0, 0.1) is 5.82 Å². The molecule has 1 fully saturated rings. The van der Waals surface area contributed by atoms with Gasteiger partial charge in [-0.2, -0.15) is 0 Å². The average Bonchev–Trinajstić information content (AvgIpc) is 3.03. The first-order chi connectivity index (χ1) is 7.72. The smallest absolute Gasteiger partial charge is 0.216 e. The normalized spacial score (nSPS) is 16.3. The van der Waals surface area contributed by atoms with Gasteiger partial charge in [0.05, 0.1) is 0 Å². The number of anilines is 1. The number of hydrogen-bond acceptors (Lipinski definition) is 2. The van der Waals surface area contributed by atoms with E-state index in [1.165, 1.54) is 29.2 Å². The maximum atomic E-state index is 12.7. The number of carbonyl (C=O) groups excluding carboxylic acids is 2. The highest BCUT2D eigenvalue weighted by molar-refractivity contribution is 5.79. The second-order valence-electron chi connectivity index (χ2n) is 3.75. The molecule has 0 saturated heterocycles. The summed E-state index contributed by atoms with van der Waals surface area (Å²) < 4.78 is 12.7. The summed E-state index contributed by atoms with van der Waals surface area (Å²) in [5, 5.41) is 2.62. The SMILES string of the molecule is O=CNC1(N(C=O)c2ccc(F)cc2)CC1. The molecule has 0 spiro atoms. The van der Waals surface area contributed by atoms with E-state index in [0.29, 0.717) is 31.3 Å². The van der Waals surface area contributed by atoms with E-state index in [2.05, 4.69) is 5.32 Å². The van der Waals surface area contributed by atoms with Gasteiger partial charge in [-0.05, 0) is 37.1 Å². The lowest BCUT2D eigenvalue weighted by atomic mass is 10.2. The van der Waals surface area contributed by atoms with Gasteiger partial charge in [-0.3, -0.25) is 14.5 Å². The summed E-state index contributed by atoms with van der Waals surface area (Å²) in [5.74, 6) is -0.359. The van der Waals surface area contributed by atoms with Crippen LogP contribution in [-0.2, 0) is 9.59 Å². The van der Waals surface area contributed by atoms with Crippen molar-refractivity contribution in [1.29, 1.82) is 0 Å². The van der Waals surface area contributed by atoms with E-state index in [1.807, 2.05) is 0 Å². The number of nitrogens with zero attached hydrogens (tertiary/aromatic N) is 1. The minimum atomic E-state index is -0.610. The number of amides is 2. The molecule has 1 N–H and O–H groups in total. The molecular formula is C11H11FN2O2. The van der Waals surface area contributed by atoms with Crippen LogP contribution in [0.2, 0.25) is 0 Å². The Morgan fingerprint density at radius 3 is 2.31 bits per heavy atom. The minimum absolute atomic E-state index is 0.359. The predicted molar refractivity (Wildman–Crippen MR) is 56.1 cm³/mol. The molecular weight excluding hydrogens is 211 g/mol. The Labute approximate surface area is 92.0 Å². The van der Waals surface area contributed by atoms with Gasteiger partial charge in [0, 0.05) is 5.69 Å². The Bertz CT molecular complexity index is 401. The zero-order valence-electron chi connectivity index (χ0n) is 8.52. The molecule has 0 bridgehead atoms. The first kappa shape index (κ1) is 10.6. The average molecular weight is 222 g/mol.